The molecule has 0 radical (unpaired) electrons. The van der Waals surface area contributed by atoms with Gasteiger partial charge in [0.15, 0.2) is 5.78 Å². The van der Waals surface area contributed by atoms with Crippen molar-refractivity contribution in [1.29, 1.82) is 0 Å². The summed E-state index contributed by atoms with van der Waals surface area (Å²) in [5.74, 6) is -1.84. The summed E-state index contributed by atoms with van der Waals surface area (Å²) in [6.45, 7) is 1.50. The second kappa shape index (κ2) is 7.34. The molecular weight excluding hydrogens is 364 g/mol. The van der Waals surface area contributed by atoms with Crippen LogP contribution in [0.4, 0.5) is 0 Å². The number of phenolic OH excluding ortho intramolecular Hbond substituents is 1. The first-order chi connectivity index (χ1) is 12.8. The fourth-order valence-electron chi connectivity index (χ4n) is 3.18. The number of carbonyl (C=O) groups is 1. The number of aryl methyl sites for hydroxylation is 1. The van der Waals surface area contributed by atoms with E-state index >= 15 is 0 Å². The van der Waals surface area contributed by atoms with E-state index in [-0.39, 0.29) is 22.7 Å². The van der Waals surface area contributed by atoms with Gasteiger partial charge >= 0.3 is 0 Å². The molecule has 1 atom stereocenters. The molecule has 0 saturated heterocycles. The fourth-order valence-corrected chi connectivity index (χ4v) is 4.16. The van der Waals surface area contributed by atoms with Crippen LogP contribution < -0.4 is 0 Å². The SMILES string of the molecule is Cc1ccc(O)c(C(C(=O)c2ccccc2)c2ccccc2)c1S(=O)(=O)O. The summed E-state index contributed by atoms with van der Waals surface area (Å²) in [6.07, 6.45) is 0. The molecule has 0 amide bonds. The third-order valence-electron chi connectivity index (χ3n) is 4.37. The predicted octanol–water partition coefficient (Wildman–Crippen LogP) is 3.96. The van der Waals surface area contributed by atoms with Crippen molar-refractivity contribution in [1.82, 2.24) is 0 Å². The molecule has 3 aromatic rings. The van der Waals surface area contributed by atoms with Crippen LogP contribution in [-0.4, -0.2) is 23.9 Å². The lowest BCUT2D eigenvalue weighted by Gasteiger charge is -2.21. The molecule has 0 spiro atoms. The van der Waals surface area contributed by atoms with E-state index in [0.29, 0.717) is 11.1 Å². The quantitative estimate of drug-likeness (QED) is 0.515. The van der Waals surface area contributed by atoms with Gasteiger partial charge in [0, 0.05) is 11.1 Å². The van der Waals surface area contributed by atoms with Crippen molar-refractivity contribution in [3.63, 3.8) is 0 Å². The Kier molecular flexibility index (Phi) is 5.12. The zero-order valence-corrected chi connectivity index (χ0v) is 15.3. The summed E-state index contributed by atoms with van der Waals surface area (Å²) in [4.78, 5) is 12.9. The average Bonchev–Trinajstić information content (AvgIpc) is 2.65. The second-order valence-corrected chi connectivity index (χ2v) is 7.55. The van der Waals surface area contributed by atoms with E-state index in [4.69, 9.17) is 0 Å². The van der Waals surface area contributed by atoms with Crippen LogP contribution in [0.3, 0.4) is 0 Å². The topological polar surface area (TPSA) is 91.7 Å². The fraction of sp³-hybridized carbons (Fsp3) is 0.0952. The molecular formula is C21H18O5S. The maximum atomic E-state index is 13.3. The van der Waals surface area contributed by atoms with E-state index in [0.717, 1.165) is 0 Å². The Morgan fingerprint density at radius 1 is 0.889 bits per heavy atom. The monoisotopic (exact) mass is 382 g/mol. The summed E-state index contributed by atoms with van der Waals surface area (Å²) in [5.41, 5.74) is 0.996. The van der Waals surface area contributed by atoms with Crippen molar-refractivity contribution in [2.24, 2.45) is 0 Å². The summed E-state index contributed by atoms with van der Waals surface area (Å²) >= 11 is 0. The lowest BCUT2D eigenvalue weighted by molar-refractivity contribution is 0.0971. The minimum atomic E-state index is -4.67. The number of hydrogen-bond acceptors (Lipinski definition) is 4. The first-order valence-corrected chi connectivity index (χ1v) is 9.69. The minimum Gasteiger partial charge on any atom is -0.508 e. The lowest BCUT2D eigenvalue weighted by Crippen LogP contribution is -2.18. The molecule has 0 heterocycles. The van der Waals surface area contributed by atoms with Gasteiger partial charge in [0.2, 0.25) is 0 Å². The Morgan fingerprint density at radius 2 is 1.44 bits per heavy atom. The van der Waals surface area contributed by atoms with Crippen LogP contribution in [0, 0.1) is 6.92 Å². The van der Waals surface area contributed by atoms with Crippen LogP contribution in [0.1, 0.15) is 33.0 Å². The highest BCUT2D eigenvalue weighted by Crippen LogP contribution is 2.39. The number of phenols is 1. The number of ketones is 1. The highest BCUT2D eigenvalue weighted by atomic mass is 32.2. The van der Waals surface area contributed by atoms with E-state index in [1.807, 2.05) is 0 Å². The van der Waals surface area contributed by atoms with Gasteiger partial charge in [-0.15, -0.1) is 0 Å². The summed E-state index contributed by atoms with van der Waals surface area (Å²) in [5, 5.41) is 10.5. The molecule has 0 aliphatic rings. The molecule has 0 aliphatic heterocycles. The van der Waals surface area contributed by atoms with Gasteiger partial charge in [-0.3, -0.25) is 9.35 Å². The number of aromatic hydroxyl groups is 1. The predicted molar refractivity (Wildman–Crippen MR) is 102 cm³/mol. The van der Waals surface area contributed by atoms with Crippen LogP contribution in [0.5, 0.6) is 5.75 Å². The van der Waals surface area contributed by atoms with Gasteiger partial charge in [-0.25, -0.2) is 0 Å². The Bertz CT molecular complexity index is 1070. The summed E-state index contributed by atoms with van der Waals surface area (Å²) in [7, 11) is -4.67. The standard InChI is InChI=1S/C21H18O5S/c1-14-12-13-17(22)19(21(14)27(24,25)26)18(15-8-4-2-5-9-15)20(23)16-10-6-3-7-11-16/h2-13,18,22H,1H3,(H,24,25,26). The molecule has 0 saturated carbocycles. The summed E-state index contributed by atoms with van der Waals surface area (Å²) in [6, 6.07) is 19.7. The smallest absolute Gasteiger partial charge is 0.295 e. The van der Waals surface area contributed by atoms with Gasteiger partial charge < -0.3 is 5.11 Å². The molecule has 0 aromatic heterocycles. The van der Waals surface area contributed by atoms with Gasteiger partial charge in [0.25, 0.3) is 10.1 Å². The maximum absolute atomic E-state index is 13.3. The largest absolute Gasteiger partial charge is 0.508 e. The molecule has 2 N–H and O–H groups in total. The van der Waals surface area contributed by atoms with Crippen LogP contribution in [0.25, 0.3) is 0 Å². The molecule has 0 bridgehead atoms. The van der Waals surface area contributed by atoms with Crippen molar-refractivity contribution in [3.05, 3.63) is 95.1 Å². The molecule has 1 unspecified atom stereocenters. The van der Waals surface area contributed by atoms with E-state index in [2.05, 4.69) is 0 Å². The van der Waals surface area contributed by atoms with Crippen molar-refractivity contribution in [2.75, 3.05) is 0 Å². The molecule has 3 aromatic carbocycles. The zero-order valence-electron chi connectivity index (χ0n) is 14.5. The lowest BCUT2D eigenvalue weighted by atomic mass is 9.83. The number of hydrogen-bond donors (Lipinski definition) is 2. The second-order valence-electron chi connectivity index (χ2n) is 6.19. The first kappa shape index (κ1) is 18.8. The van der Waals surface area contributed by atoms with E-state index in [9.17, 15) is 22.9 Å². The zero-order chi connectivity index (χ0) is 19.6. The van der Waals surface area contributed by atoms with E-state index in [1.165, 1.54) is 19.1 Å². The first-order valence-electron chi connectivity index (χ1n) is 8.25. The van der Waals surface area contributed by atoms with Crippen molar-refractivity contribution in [2.45, 2.75) is 17.7 Å². The van der Waals surface area contributed by atoms with Gasteiger partial charge in [-0.2, -0.15) is 8.42 Å². The maximum Gasteiger partial charge on any atom is 0.295 e. The Hall–Kier alpha value is -2.96. The third kappa shape index (κ3) is 3.77. The van der Waals surface area contributed by atoms with Crippen molar-refractivity contribution < 1.29 is 22.9 Å². The molecule has 27 heavy (non-hydrogen) atoms. The van der Waals surface area contributed by atoms with Gasteiger partial charge in [-0.05, 0) is 24.1 Å². The Balaban J connectivity index is 2.34. The van der Waals surface area contributed by atoms with Gasteiger partial charge in [-0.1, -0.05) is 66.7 Å². The third-order valence-corrected chi connectivity index (χ3v) is 5.43. The Labute approximate surface area is 157 Å². The molecule has 5 nitrogen and oxygen atoms in total. The van der Waals surface area contributed by atoms with Gasteiger partial charge in [0.05, 0.1) is 5.92 Å². The summed E-state index contributed by atoms with van der Waals surface area (Å²) < 4.78 is 33.9. The normalized spacial score (nSPS) is 12.5. The van der Waals surface area contributed by atoms with E-state index in [1.54, 1.807) is 60.7 Å². The van der Waals surface area contributed by atoms with Crippen molar-refractivity contribution in [3.8, 4) is 5.75 Å². The van der Waals surface area contributed by atoms with Gasteiger partial charge in [0.1, 0.15) is 10.6 Å². The van der Waals surface area contributed by atoms with E-state index < -0.39 is 20.9 Å². The number of Topliss-reactive ketones (excluding diaryl/α,β-unsaturated/α-hetero) is 1. The number of rotatable bonds is 5. The van der Waals surface area contributed by atoms with Crippen molar-refractivity contribution >= 4 is 15.9 Å². The van der Waals surface area contributed by atoms with Crippen LogP contribution in [-0.2, 0) is 10.1 Å². The van der Waals surface area contributed by atoms with Crippen LogP contribution >= 0.6 is 0 Å². The molecule has 3 rings (SSSR count). The molecule has 0 aliphatic carbocycles. The Morgan fingerprint density at radius 3 is 2.00 bits per heavy atom. The number of carbonyl (C=O) groups excluding carboxylic acids is 1. The average molecular weight is 382 g/mol. The highest BCUT2D eigenvalue weighted by molar-refractivity contribution is 7.86. The minimum absolute atomic E-state index is 0.127. The van der Waals surface area contributed by atoms with Crippen LogP contribution in [0.15, 0.2) is 77.7 Å². The number of benzene rings is 3. The highest BCUT2D eigenvalue weighted by Gasteiger charge is 2.33. The van der Waals surface area contributed by atoms with Crippen LogP contribution in [0.2, 0.25) is 0 Å². The molecule has 138 valence electrons. The molecule has 0 fully saturated rings. The molecule has 6 heteroatoms.